The minimum atomic E-state index is -0.266. The summed E-state index contributed by atoms with van der Waals surface area (Å²) in [5.74, 6) is 0.121. The quantitative estimate of drug-likeness (QED) is 0.877. The molecule has 2 aromatic heterocycles. The molecule has 3 rings (SSSR count). The number of ketones is 1. The molecule has 0 amide bonds. The van der Waals surface area contributed by atoms with Gasteiger partial charge in [0.05, 0.1) is 16.2 Å². The van der Waals surface area contributed by atoms with Crippen molar-refractivity contribution in [3.63, 3.8) is 0 Å². The second-order valence-corrected chi connectivity index (χ2v) is 7.36. The maximum atomic E-state index is 12.6. The van der Waals surface area contributed by atoms with Gasteiger partial charge in [-0.05, 0) is 42.8 Å². The van der Waals surface area contributed by atoms with Gasteiger partial charge in [-0.2, -0.15) is 0 Å². The molecule has 2 atom stereocenters. The van der Waals surface area contributed by atoms with Gasteiger partial charge in [0.15, 0.2) is 5.78 Å². The summed E-state index contributed by atoms with van der Waals surface area (Å²) >= 11 is 2.99. The van der Waals surface area contributed by atoms with Gasteiger partial charge in [-0.3, -0.25) is 4.79 Å². The number of pyridine rings is 1. The fraction of sp³-hybridized carbons (Fsp3) is 0.375. The van der Waals surface area contributed by atoms with Crippen LogP contribution in [0.1, 0.15) is 45.0 Å². The van der Waals surface area contributed by atoms with Crippen molar-refractivity contribution in [1.82, 2.24) is 4.98 Å². The first kappa shape index (κ1) is 14.8. The van der Waals surface area contributed by atoms with Crippen LogP contribution in [0.15, 0.2) is 22.5 Å². The molecule has 2 aromatic rings. The predicted octanol–water partition coefficient (Wildman–Crippen LogP) is 3.68. The van der Waals surface area contributed by atoms with Crippen LogP contribution in [-0.2, 0) is 6.42 Å². The van der Waals surface area contributed by atoms with E-state index in [2.05, 4.69) is 18.8 Å². The molecule has 0 bridgehead atoms. The van der Waals surface area contributed by atoms with Gasteiger partial charge in [-0.15, -0.1) is 11.3 Å². The normalized spacial score (nSPS) is 20.6. The Hall–Kier alpha value is -1.17. The number of aromatic nitrogens is 1. The molecule has 2 unspecified atom stereocenters. The van der Waals surface area contributed by atoms with E-state index in [1.165, 1.54) is 34.2 Å². The van der Waals surface area contributed by atoms with Gasteiger partial charge in [0, 0.05) is 11.3 Å². The number of nitrogens with zero attached hydrogens (tertiary/aromatic N) is 1. The number of carbonyl (C=O) groups is 1. The molecular weight excluding hydrogens is 300 g/mol. The fourth-order valence-electron chi connectivity index (χ4n) is 3.00. The number of hydrogen-bond donors (Lipinski definition) is 1. The van der Waals surface area contributed by atoms with Gasteiger partial charge in [-0.25, -0.2) is 4.98 Å². The fourth-order valence-corrected chi connectivity index (χ4v) is 5.14. The number of thiophene rings is 1. The number of thioether (sulfide) groups is 1. The van der Waals surface area contributed by atoms with E-state index in [-0.39, 0.29) is 17.1 Å². The Morgan fingerprint density at radius 3 is 2.81 bits per heavy atom. The number of hydrogen-bond acceptors (Lipinski definition) is 5. The zero-order valence-corrected chi connectivity index (χ0v) is 14.0. The third kappa shape index (κ3) is 2.33. The lowest BCUT2D eigenvalue weighted by molar-refractivity contribution is 0.0986. The molecule has 5 heteroatoms. The van der Waals surface area contributed by atoms with Crippen molar-refractivity contribution in [3.05, 3.63) is 44.8 Å². The Bertz CT molecular complexity index is 695. The van der Waals surface area contributed by atoms with Crippen LogP contribution in [0.3, 0.4) is 0 Å². The largest absolute Gasteiger partial charge is 0.323 e. The molecule has 21 heavy (non-hydrogen) atoms. The lowest BCUT2D eigenvalue weighted by Gasteiger charge is -2.16. The van der Waals surface area contributed by atoms with E-state index < -0.39 is 0 Å². The first-order valence-electron chi connectivity index (χ1n) is 7.04. The Kier molecular flexibility index (Phi) is 3.90. The predicted molar refractivity (Wildman–Crippen MR) is 88.3 cm³/mol. The first-order valence-corrected chi connectivity index (χ1v) is 8.80. The zero-order chi connectivity index (χ0) is 15.1. The first-order chi connectivity index (χ1) is 10.0. The molecule has 0 aromatic carbocycles. The molecule has 1 aliphatic heterocycles. The van der Waals surface area contributed by atoms with E-state index >= 15 is 0 Å². The minimum absolute atomic E-state index is 0.121. The highest BCUT2D eigenvalue weighted by atomic mass is 32.2. The molecule has 0 fully saturated rings. The molecule has 2 N–H and O–H groups in total. The summed E-state index contributed by atoms with van der Waals surface area (Å²) in [6.45, 7) is 6.27. The summed E-state index contributed by atoms with van der Waals surface area (Å²) in [5.41, 5.74) is 11.0. The number of aryl methyl sites for hydroxylation is 1. The van der Waals surface area contributed by atoms with Gasteiger partial charge >= 0.3 is 0 Å². The monoisotopic (exact) mass is 318 g/mol. The van der Waals surface area contributed by atoms with Crippen molar-refractivity contribution in [2.24, 2.45) is 5.73 Å². The van der Waals surface area contributed by atoms with Crippen molar-refractivity contribution >= 4 is 28.9 Å². The highest BCUT2D eigenvalue weighted by molar-refractivity contribution is 8.01. The van der Waals surface area contributed by atoms with Gasteiger partial charge in [-0.1, -0.05) is 24.8 Å². The maximum Gasteiger partial charge on any atom is 0.188 e. The Morgan fingerprint density at radius 1 is 1.43 bits per heavy atom. The number of carbonyl (C=O) groups excluding carboxylic acids is 1. The van der Waals surface area contributed by atoms with Crippen LogP contribution >= 0.6 is 23.1 Å². The Balaban J connectivity index is 2.01. The van der Waals surface area contributed by atoms with Crippen LogP contribution < -0.4 is 5.73 Å². The summed E-state index contributed by atoms with van der Waals surface area (Å²) in [6, 6.07) is 3.50. The van der Waals surface area contributed by atoms with Gasteiger partial charge in [0.2, 0.25) is 0 Å². The molecule has 3 heterocycles. The van der Waals surface area contributed by atoms with Gasteiger partial charge < -0.3 is 5.73 Å². The number of Topliss-reactive ketones (excluding diaryl/α,β-unsaturated/α-hetero) is 1. The molecule has 0 aliphatic carbocycles. The van der Waals surface area contributed by atoms with E-state index in [1.54, 1.807) is 0 Å². The van der Waals surface area contributed by atoms with Crippen LogP contribution in [0.2, 0.25) is 0 Å². The van der Waals surface area contributed by atoms with E-state index in [1.807, 2.05) is 24.4 Å². The van der Waals surface area contributed by atoms with E-state index in [9.17, 15) is 4.79 Å². The average molecular weight is 318 g/mol. The zero-order valence-electron chi connectivity index (χ0n) is 12.3. The maximum absolute atomic E-state index is 12.6. The lowest BCUT2D eigenvalue weighted by Crippen LogP contribution is -2.27. The van der Waals surface area contributed by atoms with Crippen LogP contribution in [0.25, 0.3) is 0 Å². The van der Waals surface area contributed by atoms with Gasteiger partial charge in [0.25, 0.3) is 0 Å². The third-order valence-electron chi connectivity index (χ3n) is 4.07. The van der Waals surface area contributed by atoms with E-state index in [0.717, 1.165) is 27.6 Å². The highest BCUT2D eigenvalue weighted by Crippen LogP contribution is 2.45. The van der Waals surface area contributed by atoms with Crippen molar-refractivity contribution in [3.8, 4) is 0 Å². The minimum Gasteiger partial charge on any atom is -0.323 e. The second-order valence-electron chi connectivity index (χ2n) is 5.28. The van der Waals surface area contributed by atoms with Crippen molar-refractivity contribution < 1.29 is 4.79 Å². The number of rotatable bonds is 3. The topological polar surface area (TPSA) is 56.0 Å². The standard InChI is InChI=1S/C16H18N2OS2/c1-4-10-8(2)12-13(17)15(21-16(12)18-9(10)3)14(19)11-6-5-7-20-11/h5-7,13,15H,4,17H2,1-3H3. The second kappa shape index (κ2) is 5.55. The highest BCUT2D eigenvalue weighted by Gasteiger charge is 2.39. The third-order valence-corrected chi connectivity index (χ3v) is 6.25. The van der Waals surface area contributed by atoms with Crippen molar-refractivity contribution in [2.45, 2.75) is 43.5 Å². The Morgan fingerprint density at radius 2 is 2.19 bits per heavy atom. The van der Waals surface area contributed by atoms with Crippen LogP contribution in [0.5, 0.6) is 0 Å². The molecule has 0 radical (unpaired) electrons. The summed E-state index contributed by atoms with van der Waals surface area (Å²) in [4.78, 5) is 18.1. The van der Waals surface area contributed by atoms with E-state index in [4.69, 9.17) is 5.73 Å². The Labute approximate surface area is 133 Å². The molecule has 3 nitrogen and oxygen atoms in total. The molecule has 110 valence electrons. The van der Waals surface area contributed by atoms with Crippen LogP contribution in [0, 0.1) is 13.8 Å². The van der Waals surface area contributed by atoms with Crippen molar-refractivity contribution in [2.75, 3.05) is 0 Å². The molecule has 0 spiro atoms. The molecular formula is C16H18N2OS2. The smallest absolute Gasteiger partial charge is 0.188 e. The lowest BCUT2D eigenvalue weighted by atomic mass is 9.94. The SMILES string of the molecule is CCc1c(C)nc2c(c1C)C(N)C(C(=O)c1cccs1)S2. The van der Waals surface area contributed by atoms with Crippen LogP contribution in [-0.4, -0.2) is 16.0 Å². The molecule has 1 aliphatic rings. The molecule has 0 saturated carbocycles. The van der Waals surface area contributed by atoms with E-state index in [0.29, 0.717) is 0 Å². The average Bonchev–Trinajstić information content (AvgIpc) is 3.07. The summed E-state index contributed by atoms with van der Waals surface area (Å²) < 4.78 is 0. The number of nitrogens with two attached hydrogens (primary N) is 1. The van der Waals surface area contributed by atoms with Crippen molar-refractivity contribution in [1.29, 1.82) is 0 Å². The summed E-state index contributed by atoms with van der Waals surface area (Å²) in [5, 5.41) is 2.61. The molecule has 0 saturated heterocycles. The van der Waals surface area contributed by atoms with Crippen LogP contribution in [0.4, 0.5) is 0 Å². The number of fused-ring (bicyclic) bond motifs is 1. The summed E-state index contributed by atoms with van der Waals surface area (Å²) in [7, 11) is 0. The van der Waals surface area contributed by atoms with Gasteiger partial charge in [0.1, 0.15) is 5.03 Å². The summed E-state index contributed by atoms with van der Waals surface area (Å²) in [6.07, 6.45) is 0.943.